The zero-order valence-corrected chi connectivity index (χ0v) is 18.7. The van der Waals surface area contributed by atoms with Gasteiger partial charge < -0.3 is 9.84 Å². The highest BCUT2D eigenvalue weighted by atomic mass is 35.5. The number of carbonyl (C=O) groups is 1. The summed E-state index contributed by atoms with van der Waals surface area (Å²) in [5, 5.41) is 15.6. The summed E-state index contributed by atoms with van der Waals surface area (Å²) in [5.74, 6) is -0.281. The van der Waals surface area contributed by atoms with Crippen molar-refractivity contribution in [2.75, 3.05) is 5.32 Å². The van der Waals surface area contributed by atoms with Crippen LogP contribution in [0.4, 0.5) is 18.9 Å². The summed E-state index contributed by atoms with van der Waals surface area (Å²) in [6, 6.07) is 17.0. The fourth-order valence-electron chi connectivity index (χ4n) is 3.68. The largest absolute Gasteiger partial charge is 0.418 e. The Hall–Kier alpha value is -4.18. The van der Waals surface area contributed by atoms with Gasteiger partial charge in [-0.2, -0.15) is 13.2 Å². The molecule has 0 fully saturated rings. The second kappa shape index (κ2) is 8.55. The minimum atomic E-state index is -4.62. The molecule has 0 saturated heterocycles. The van der Waals surface area contributed by atoms with Crippen LogP contribution in [0.3, 0.4) is 0 Å². The lowest BCUT2D eigenvalue weighted by atomic mass is 10.1. The zero-order valence-electron chi connectivity index (χ0n) is 18.0. The highest BCUT2D eigenvalue weighted by molar-refractivity contribution is 6.30. The standard InChI is InChI=1S/C24H15ClF3N5O2/c1-13-21(23(34)29-20-5-3-2-4-18(20)24(26,27)28)30-32-33(13)16-10-11-19-17(12-16)22(35-31-19)14-6-8-15(25)9-7-14/h2-12H,1H3,(H,29,34). The van der Waals surface area contributed by atoms with Crippen molar-refractivity contribution < 1.29 is 22.5 Å². The molecule has 3 aromatic carbocycles. The van der Waals surface area contributed by atoms with E-state index in [1.54, 1.807) is 49.4 Å². The molecule has 176 valence electrons. The van der Waals surface area contributed by atoms with Crippen molar-refractivity contribution in [3.8, 4) is 17.0 Å². The van der Waals surface area contributed by atoms with Gasteiger partial charge in [0.2, 0.25) is 0 Å². The molecule has 0 unspecified atom stereocenters. The molecule has 0 aliphatic heterocycles. The van der Waals surface area contributed by atoms with E-state index in [1.165, 1.54) is 22.9 Å². The van der Waals surface area contributed by atoms with Gasteiger partial charge in [0, 0.05) is 10.6 Å². The number of carbonyl (C=O) groups excluding carboxylic acids is 1. The molecule has 0 bridgehead atoms. The normalized spacial score (nSPS) is 11.7. The minimum absolute atomic E-state index is 0.106. The van der Waals surface area contributed by atoms with Gasteiger partial charge in [-0.1, -0.05) is 34.1 Å². The van der Waals surface area contributed by atoms with E-state index in [0.717, 1.165) is 11.6 Å². The summed E-state index contributed by atoms with van der Waals surface area (Å²) in [6.07, 6.45) is -4.62. The molecule has 5 rings (SSSR count). The predicted octanol–water partition coefficient (Wildman–Crippen LogP) is 6.31. The molecule has 0 atom stereocenters. The molecule has 5 aromatic rings. The van der Waals surface area contributed by atoms with Gasteiger partial charge in [-0.05, 0) is 61.5 Å². The Morgan fingerprint density at radius 2 is 1.80 bits per heavy atom. The Kier molecular flexibility index (Phi) is 5.52. The number of nitrogens with one attached hydrogen (secondary N) is 1. The Labute approximate surface area is 201 Å². The van der Waals surface area contributed by atoms with Crippen molar-refractivity contribution in [2.45, 2.75) is 13.1 Å². The lowest BCUT2D eigenvalue weighted by Crippen LogP contribution is -2.18. The first-order valence-electron chi connectivity index (χ1n) is 10.3. The molecule has 1 N–H and O–H groups in total. The van der Waals surface area contributed by atoms with E-state index >= 15 is 0 Å². The van der Waals surface area contributed by atoms with Crippen molar-refractivity contribution in [1.29, 1.82) is 0 Å². The number of aromatic nitrogens is 4. The van der Waals surface area contributed by atoms with E-state index in [2.05, 4.69) is 20.8 Å². The first kappa shape index (κ1) is 22.6. The van der Waals surface area contributed by atoms with Gasteiger partial charge in [0.05, 0.1) is 28.0 Å². The SMILES string of the molecule is Cc1c(C(=O)Nc2ccccc2C(F)(F)F)nnn1-c1ccc2noc(-c3ccc(Cl)cc3)c2c1. The number of amides is 1. The van der Waals surface area contributed by atoms with E-state index in [4.69, 9.17) is 16.1 Å². The number of anilines is 1. The number of nitrogens with zero attached hydrogens (tertiary/aromatic N) is 4. The highest BCUT2D eigenvalue weighted by Crippen LogP contribution is 2.35. The van der Waals surface area contributed by atoms with Gasteiger partial charge >= 0.3 is 6.18 Å². The summed E-state index contributed by atoms with van der Waals surface area (Å²) in [5.41, 5.74) is 0.867. The molecular weight excluding hydrogens is 483 g/mol. The fraction of sp³-hybridized carbons (Fsp3) is 0.0833. The first-order valence-corrected chi connectivity index (χ1v) is 10.7. The van der Waals surface area contributed by atoms with Gasteiger partial charge in [0.15, 0.2) is 11.5 Å². The lowest BCUT2D eigenvalue weighted by Gasteiger charge is -2.13. The van der Waals surface area contributed by atoms with Crippen LogP contribution < -0.4 is 5.32 Å². The van der Waals surface area contributed by atoms with Crippen LogP contribution in [0.2, 0.25) is 5.02 Å². The molecule has 0 spiro atoms. The summed E-state index contributed by atoms with van der Waals surface area (Å²) >= 11 is 5.97. The maximum atomic E-state index is 13.3. The summed E-state index contributed by atoms with van der Waals surface area (Å²) in [4.78, 5) is 12.8. The molecule has 7 nitrogen and oxygen atoms in total. The Balaban J connectivity index is 1.48. The maximum Gasteiger partial charge on any atom is 0.418 e. The lowest BCUT2D eigenvalue weighted by molar-refractivity contribution is -0.136. The van der Waals surface area contributed by atoms with Gasteiger partial charge in [0.25, 0.3) is 5.91 Å². The third-order valence-corrected chi connectivity index (χ3v) is 5.65. The number of alkyl halides is 3. The van der Waals surface area contributed by atoms with Crippen LogP contribution in [-0.2, 0) is 6.18 Å². The topological polar surface area (TPSA) is 85.8 Å². The van der Waals surface area contributed by atoms with Crippen LogP contribution in [0.25, 0.3) is 27.9 Å². The molecule has 0 radical (unpaired) electrons. The molecule has 11 heteroatoms. The highest BCUT2D eigenvalue weighted by Gasteiger charge is 2.34. The van der Waals surface area contributed by atoms with Crippen molar-refractivity contribution in [3.63, 3.8) is 0 Å². The molecule has 35 heavy (non-hydrogen) atoms. The van der Waals surface area contributed by atoms with Gasteiger partial charge in [-0.3, -0.25) is 4.79 Å². The number of para-hydroxylation sites is 1. The van der Waals surface area contributed by atoms with E-state index in [-0.39, 0.29) is 11.4 Å². The predicted molar refractivity (Wildman–Crippen MR) is 124 cm³/mol. The van der Waals surface area contributed by atoms with Crippen molar-refractivity contribution in [2.24, 2.45) is 0 Å². The number of hydrogen-bond acceptors (Lipinski definition) is 5. The van der Waals surface area contributed by atoms with Crippen molar-refractivity contribution in [1.82, 2.24) is 20.2 Å². The van der Waals surface area contributed by atoms with E-state index < -0.39 is 17.6 Å². The first-order chi connectivity index (χ1) is 16.7. The van der Waals surface area contributed by atoms with Crippen LogP contribution in [0.15, 0.2) is 71.3 Å². The Morgan fingerprint density at radius 3 is 2.54 bits per heavy atom. The molecule has 2 aromatic heterocycles. The monoisotopic (exact) mass is 497 g/mol. The molecule has 2 heterocycles. The molecule has 0 saturated carbocycles. The van der Waals surface area contributed by atoms with E-state index in [1.807, 2.05) is 0 Å². The second-order valence-corrected chi connectivity index (χ2v) is 8.09. The van der Waals surface area contributed by atoms with Crippen molar-refractivity contribution >= 4 is 34.1 Å². The average Bonchev–Trinajstić information content (AvgIpc) is 3.42. The van der Waals surface area contributed by atoms with Crippen LogP contribution in [0.5, 0.6) is 0 Å². The van der Waals surface area contributed by atoms with Gasteiger partial charge in [-0.15, -0.1) is 5.10 Å². The average molecular weight is 498 g/mol. The number of hydrogen-bond donors (Lipinski definition) is 1. The quantitative estimate of drug-likeness (QED) is 0.314. The maximum absolute atomic E-state index is 13.3. The Bertz CT molecular complexity index is 1560. The number of fused-ring (bicyclic) bond motifs is 1. The van der Waals surface area contributed by atoms with E-state index in [0.29, 0.717) is 33.1 Å². The van der Waals surface area contributed by atoms with Gasteiger partial charge in [0.1, 0.15) is 5.52 Å². The van der Waals surface area contributed by atoms with Crippen LogP contribution in [0, 0.1) is 6.92 Å². The van der Waals surface area contributed by atoms with Crippen LogP contribution in [0.1, 0.15) is 21.7 Å². The summed E-state index contributed by atoms with van der Waals surface area (Å²) < 4.78 is 46.8. The number of benzene rings is 3. The fourth-order valence-corrected chi connectivity index (χ4v) is 3.80. The molecule has 0 aliphatic rings. The minimum Gasteiger partial charge on any atom is -0.355 e. The summed E-state index contributed by atoms with van der Waals surface area (Å²) in [7, 11) is 0. The van der Waals surface area contributed by atoms with Crippen LogP contribution >= 0.6 is 11.6 Å². The number of halogens is 4. The van der Waals surface area contributed by atoms with Crippen molar-refractivity contribution in [3.05, 3.63) is 88.7 Å². The molecule has 1 amide bonds. The second-order valence-electron chi connectivity index (χ2n) is 7.65. The van der Waals surface area contributed by atoms with E-state index in [9.17, 15) is 18.0 Å². The summed E-state index contributed by atoms with van der Waals surface area (Å²) in [6.45, 7) is 1.60. The molecule has 0 aliphatic carbocycles. The molecular formula is C24H15ClF3N5O2. The number of rotatable bonds is 4. The van der Waals surface area contributed by atoms with Gasteiger partial charge in [-0.25, -0.2) is 4.68 Å². The Morgan fingerprint density at radius 1 is 1.06 bits per heavy atom. The third-order valence-electron chi connectivity index (χ3n) is 5.40. The third kappa shape index (κ3) is 4.24. The van der Waals surface area contributed by atoms with Crippen LogP contribution in [-0.4, -0.2) is 26.1 Å². The smallest absolute Gasteiger partial charge is 0.355 e. The zero-order chi connectivity index (χ0) is 24.7.